The number of hydrogen-bond acceptors (Lipinski definition) is 12. The molecule has 5 fully saturated rings. The third-order valence-corrected chi connectivity index (χ3v) is 16.9. The molecule has 5 aliphatic rings. The van der Waals surface area contributed by atoms with Crippen molar-refractivity contribution in [2.24, 2.45) is 0 Å². The van der Waals surface area contributed by atoms with E-state index in [-0.39, 0.29) is 23.1 Å². The van der Waals surface area contributed by atoms with Crippen molar-refractivity contribution in [2.45, 2.75) is 138 Å². The topological polar surface area (TPSA) is 102 Å². The summed E-state index contributed by atoms with van der Waals surface area (Å²) >= 11 is 4.05. The van der Waals surface area contributed by atoms with Gasteiger partial charge in [0.1, 0.15) is 5.88 Å². The van der Waals surface area contributed by atoms with E-state index in [9.17, 15) is 21.0 Å². The van der Waals surface area contributed by atoms with Gasteiger partial charge in [-0.3, -0.25) is 4.21 Å². The Bertz CT molecular complexity index is 2260. The molecule has 5 aliphatic heterocycles. The van der Waals surface area contributed by atoms with Crippen LogP contribution in [0.15, 0.2) is 152 Å². The van der Waals surface area contributed by atoms with Gasteiger partial charge in [0.25, 0.3) is 0 Å². The van der Waals surface area contributed by atoms with Gasteiger partial charge in [-0.15, -0.1) is 11.8 Å². The minimum atomic E-state index is -2.82. The Morgan fingerprint density at radius 1 is 0.317 bits per heavy atom. The highest BCUT2D eigenvalue weighted by molar-refractivity contribution is 7.99. The predicted octanol–water partition coefficient (Wildman–Crippen LogP) is 17.7. The van der Waals surface area contributed by atoms with E-state index in [1.54, 1.807) is 0 Å². The summed E-state index contributed by atoms with van der Waals surface area (Å²) in [5.41, 5.74) is 6.02. The van der Waals surface area contributed by atoms with Crippen LogP contribution in [0.3, 0.4) is 0 Å². The van der Waals surface area contributed by atoms with Crippen LogP contribution in [0.25, 0.3) is 0 Å². The molecule has 0 aliphatic carbocycles. The van der Waals surface area contributed by atoms with Gasteiger partial charge in [0, 0.05) is 108 Å². The molecule has 0 aromatic heterocycles. The summed E-state index contributed by atoms with van der Waals surface area (Å²) in [5.74, 6) is 7.49. The maximum absolute atomic E-state index is 11.2. The molecule has 0 saturated carbocycles. The number of sulfone groups is 2. The Morgan fingerprint density at radius 3 is 0.878 bits per heavy atom. The zero-order valence-corrected chi connectivity index (χ0v) is 59.4. The highest BCUT2D eigenvalue weighted by Gasteiger charge is 2.25. The lowest BCUT2D eigenvalue weighted by Gasteiger charge is -2.28. The molecule has 15 heteroatoms. The number of thioether (sulfide) groups is 2. The van der Waals surface area contributed by atoms with E-state index in [0.717, 1.165) is 29.5 Å². The second kappa shape index (κ2) is 61.4. The predicted molar refractivity (Wildman–Crippen MR) is 382 cm³/mol. The number of hydrogen-bond donors (Lipinski definition) is 0. The molecule has 10 nitrogen and oxygen atoms in total. The lowest BCUT2D eigenvalue weighted by molar-refractivity contribution is 0.586. The summed E-state index contributed by atoms with van der Waals surface area (Å²) in [6.45, 7) is 46.4. The molecule has 0 spiro atoms. The van der Waals surface area contributed by atoms with Gasteiger partial charge in [0.2, 0.25) is 0 Å². The number of nitrogens with zero attached hydrogens (tertiary/aromatic N) is 5. The quantitative estimate of drug-likeness (QED) is 0.167. The van der Waals surface area contributed by atoms with E-state index in [1.807, 2.05) is 234 Å². The third kappa shape index (κ3) is 40.2. The van der Waals surface area contributed by atoms with Gasteiger partial charge in [-0.25, -0.2) is 16.8 Å². The molecule has 5 heterocycles. The number of anilines is 5. The highest BCUT2D eigenvalue weighted by Crippen LogP contribution is 2.23. The first-order valence-corrected chi connectivity index (χ1v) is 38.5. The summed E-state index contributed by atoms with van der Waals surface area (Å²) in [6.07, 6.45) is 0. The van der Waals surface area contributed by atoms with Crippen molar-refractivity contribution in [3.63, 3.8) is 0 Å². The first-order chi connectivity index (χ1) is 40.1. The molecule has 0 radical (unpaired) electrons. The van der Waals surface area contributed by atoms with E-state index < -0.39 is 30.5 Å². The van der Waals surface area contributed by atoms with Gasteiger partial charge in [0.15, 0.2) is 19.7 Å². The molecule has 82 heavy (non-hydrogen) atoms. The minimum absolute atomic E-state index is 0.164. The second-order valence-electron chi connectivity index (χ2n) is 15.1. The molecule has 0 N–H and O–H groups in total. The van der Waals surface area contributed by atoms with Gasteiger partial charge in [-0.05, 0) is 60.7 Å². The van der Waals surface area contributed by atoms with Crippen molar-refractivity contribution >= 4 is 82.4 Å². The van der Waals surface area contributed by atoms with Crippen LogP contribution in [-0.4, -0.2) is 125 Å². The molecule has 10 rings (SSSR count). The number of para-hydroxylation sites is 5. The SMILES string of the molecule is CC.CC.CC.CC.CC.CC.CC.CC.CC.CC.O=S1(=O)CCN(c2ccccc2)C1.O=S1(=O)CCN(c2ccccc2)CC1.O=S1CCN(c2ccccc2)C1.c1ccc(N2CCSC2)cc1.c1ccc(N2CCSCC2)cc1. The fourth-order valence-corrected chi connectivity index (χ4v) is 12.8. The average Bonchev–Trinajstić information content (AvgIpc) is 4.42. The van der Waals surface area contributed by atoms with Crippen LogP contribution in [0.1, 0.15) is 138 Å². The van der Waals surface area contributed by atoms with Crippen molar-refractivity contribution < 1.29 is 21.0 Å². The highest BCUT2D eigenvalue weighted by atomic mass is 32.2. The fourth-order valence-electron chi connectivity index (χ4n) is 7.14. The Hall–Kier alpha value is -4.15. The third-order valence-electron chi connectivity index (χ3n) is 10.6. The van der Waals surface area contributed by atoms with Crippen LogP contribution in [0.4, 0.5) is 28.4 Å². The molecular weight excluding hydrogens is 1120 g/mol. The summed E-state index contributed by atoms with van der Waals surface area (Å²) in [4.78, 5) is 11.0. The smallest absolute Gasteiger partial charge is 0.170 e. The normalized spacial score (nSPS) is 15.8. The summed E-state index contributed by atoms with van der Waals surface area (Å²) < 4.78 is 55.8. The van der Waals surface area contributed by atoms with Crippen molar-refractivity contribution in [3.8, 4) is 0 Å². The Labute approximate surface area is 518 Å². The van der Waals surface area contributed by atoms with Crippen LogP contribution in [0, 0.1) is 0 Å². The summed E-state index contributed by atoms with van der Waals surface area (Å²) in [7, 11) is -6.21. The molecule has 0 amide bonds. The lowest BCUT2D eigenvalue weighted by atomic mass is 10.3. The number of benzene rings is 5. The molecule has 472 valence electrons. The van der Waals surface area contributed by atoms with Crippen LogP contribution in [-0.2, 0) is 30.5 Å². The van der Waals surface area contributed by atoms with E-state index in [1.165, 1.54) is 54.0 Å². The van der Waals surface area contributed by atoms with Crippen LogP contribution >= 0.6 is 23.5 Å². The van der Waals surface area contributed by atoms with Crippen molar-refractivity contribution in [1.82, 2.24) is 0 Å². The summed E-state index contributed by atoms with van der Waals surface area (Å²) in [5, 5.41) is 0. The summed E-state index contributed by atoms with van der Waals surface area (Å²) in [6, 6.07) is 50.9. The van der Waals surface area contributed by atoms with E-state index in [4.69, 9.17) is 0 Å². The fraction of sp³-hybridized carbons (Fsp3) is 0.552. The first-order valence-electron chi connectivity index (χ1n) is 31.1. The first kappa shape index (κ1) is 86.6. The zero-order chi connectivity index (χ0) is 63.5. The van der Waals surface area contributed by atoms with E-state index in [0.29, 0.717) is 25.5 Å². The molecule has 0 bridgehead atoms. The van der Waals surface area contributed by atoms with Gasteiger partial charge in [-0.2, -0.15) is 11.8 Å². The molecule has 1 atom stereocenters. The Balaban J connectivity index is -0.000000279. The Kier molecular flexibility index (Phi) is 64.9. The maximum Gasteiger partial charge on any atom is 0.170 e. The Morgan fingerprint density at radius 2 is 0.585 bits per heavy atom. The van der Waals surface area contributed by atoms with Crippen LogP contribution < -0.4 is 24.5 Å². The monoisotopic (exact) mass is 1230 g/mol. The van der Waals surface area contributed by atoms with Gasteiger partial charge in [-0.1, -0.05) is 229 Å². The molecule has 5 aromatic carbocycles. The standard InChI is InChI=1S/C10H13NO2S.C10H13NS.C9H11NO2S.C9H11NOS.C9H11NS.10C2H6/c12-14(13)8-6-11(7-9-14)10-4-2-1-3-5-10;1-2-4-10(5-3-1)11-6-8-12-9-7-11;11-13(12)7-6-10(8-13)9-4-2-1-3-5-9;11-12-7-6-10(8-12)9-4-2-1-3-5-9;1-2-4-9(5-3-1)10-6-7-11-8-10;10*1-2/h1-5H,6-9H2;1-5H,6-9H2;1-5H,6-8H2;1-5H,6-8H2;1-5H,6-8H2;10*1-2H3. The minimum Gasteiger partial charge on any atom is -0.370 e. The molecular formula is C67H119N5O5S5. The van der Waals surface area contributed by atoms with Crippen LogP contribution in [0.2, 0.25) is 0 Å². The van der Waals surface area contributed by atoms with Crippen LogP contribution in [0.5, 0.6) is 0 Å². The molecule has 5 saturated heterocycles. The molecule has 1 unspecified atom stereocenters. The lowest BCUT2D eigenvalue weighted by Crippen LogP contribution is -2.40. The zero-order valence-electron chi connectivity index (χ0n) is 55.3. The van der Waals surface area contributed by atoms with Crippen molar-refractivity contribution in [3.05, 3.63) is 152 Å². The number of rotatable bonds is 5. The second-order valence-corrected chi connectivity index (χ2v) is 23.4. The average molecular weight is 1240 g/mol. The largest absolute Gasteiger partial charge is 0.370 e. The van der Waals surface area contributed by atoms with Gasteiger partial charge < -0.3 is 24.5 Å². The molecule has 5 aromatic rings. The van der Waals surface area contributed by atoms with E-state index >= 15 is 0 Å². The van der Waals surface area contributed by atoms with E-state index in [2.05, 4.69) is 104 Å². The van der Waals surface area contributed by atoms with Gasteiger partial charge in [0.05, 0.1) is 29.0 Å². The maximum atomic E-state index is 11.2. The van der Waals surface area contributed by atoms with Gasteiger partial charge >= 0.3 is 0 Å². The van der Waals surface area contributed by atoms with Crippen molar-refractivity contribution in [2.75, 3.05) is 128 Å². The van der Waals surface area contributed by atoms with Crippen molar-refractivity contribution in [1.29, 1.82) is 0 Å².